The van der Waals surface area contributed by atoms with Crippen molar-refractivity contribution >= 4 is 19.7 Å². The van der Waals surface area contributed by atoms with Crippen molar-refractivity contribution in [3.05, 3.63) is 70.2 Å². The van der Waals surface area contributed by atoms with Crippen LogP contribution in [0.1, 0.15) is 53.5 Å². The van der Waals surface area contributed by atoms with Crippen molar-refractivity contribution in [1.82, 2.24) is 14.6 Å². The molecule has 0 spiro atoms. The molecule has 1 fully saturated rings. The normalized spacial score (nSPS) is 24.0. The van der Waals surface area contributed by atoms with Gasteiger partial charge in [0.2, 0.25) is 12.3 Å². The van der Waals surface area contributed by atoms with Crippen LogP contribution in [-0.4, -0.2) is 58.0 Å². The Labute approximate surface area is 244 Å². The number of ether oxygens (including phenoxy) is 3. The average molecular weight is 605 g/mol. The molecule has 3 rings (SSSR count). The van der Waals surface area contributed by atoms with Crippen molar-refractivity contribution in [2.24, 2.45) is 5.92 Å². The summed E-state index contributed by atoms with van der Waals surface area (Å²) in [6.07, 6.45) is -2.61. The van der Waals surface area contributed by atoms with E-state index in [1.54, 1.807) is 71.0 Å². The van der Waals surface area contributed by atoms with Crippen LogP contribution in [0.2, 0.25) is 0 Å². The number of aryl methyl sites for hydroxylation is 1. The number of carbonyl (C=O) groups excluding carboxylic acids is 2. The fourth-order valence-corrected chi connectivity index (χ4v) is 5.62. The molecule has 0 radical (unpaired) electrons. The molecule has 1 saturated heterocycles. The number of nitrogens with zero attached hydrogens (tertiary/aromatic N) is 3. The minimum absolute atomic E-state index is 0.189. The van der Waals surface area contributed by atoms with Gasteiger partial charge in [0.05, 0.1) is 18.6 Å². The fraction of sp³-hybridized carbons (Fsp3) is 0.536. The second kappa shape index (κ2) is 13.6. The van der Waals surface area contributed by atoms with Crippen molar-refractivity contribution in [2.45, 2.75) is 84.6 Å². The minimum Gasteiger partial charge on any atom is -0.462 e. The zero-order valence-corrected chi connectivity index (χ0v) is 25.6. The summed E-state index contributed by atoms with van der Waals surface area (Å²) in [5.74, 6) is -1.64. The molecule has 14 heteroatoms. The van der Waals surface area contributed by atoms with Crippen molar-refractivity contribution < 1.29 is 37.4 Å². The molecule has 0 saturated carbocycles. The third-order valence-corrected chi connectivity index (χ3v) is 7.97. The number of hydrogen-bond acceptors (Lipinski definition) is 10. The van der Waals surface area contributed by atoms with Crippen LogP contribution in [0.3, 0.4) is 0 Å². The maximum atomic E-state index is 14.0. The van der Waals surface area contributed by atoms with E-state index in [0.29, 0.717) is 5.69 Å². The maximum absolute atomic E-state index is 14.0. The average Bonchev–Trinajstić information content (AvgIpc) is 3.19. The van der Waals surface area contributed by atoms with Gasteiger partial charge in [-0.1, -0.05) is 32.0 Å². The second-order valence-electron chi connectivity index (χ2n) is 10.7. The molecule has 1 aromatic carbocycles. The minimum atomic E-state index is -4.31. The van der Waals surface area contributed by atoms with E-state index < -0.39 is 74.0 Å². The number of nitrogens with one attached hydrogen (secondary N) is 1. The molecule has 42 heavy (non-hydrogen) atoms. The summed E-state index contributed by atoms with van der Waals surface area (Å²) in [7, 11) is -4.31. The number of benzene rings is 1. The molecule has 228 valence electrons. The molecule has 0 amide bonds. The molecule has 1 N–H and O–H groups in total. The van der Waals surface area contributed by atoms with Gasteiger partial charge in [-0.25, -0.2) is 15.9 Å². The third kappa shape index (κ3) is 7.83. The second-order valence-corrected chi connectivity index (χ2v) is 12.4. The Morgan fingerprint density at radius 1 is 1.17 bits per heavy atom. The van der Waals surface area contributed by atoms with Crippen molar-refractivity contribution in [3.8, 4) is 5.75 Å². The summed E-state index contributed by atoms with van der Waals surface area (Å²) < 4.78 is 43.7. The molecule has 1 aromatic heterocycles. The highest BCUT2D eigenvalue weighted by atomic mass is 31.2. The number of hydrogen-bond donors (Lipinski definition) is 1. The van der Waals surface area contributed by atoms with E-state index in [1.165, 1.54) is 20.0 Å². The lowest BCUT2D eigenvalue weighted by atomic mass is 9.92. The van der Waals surface area contributed by atoms with Crippen LogP contribution in [-0.2, 0) is 32.9 Å². The fourth-order valence-electron chi connectivity index (χ4n) is 4.12. The smallest absolute Gasteiger partial charge is 0.459 e. The van der Waals surface area contributed by atoms with E-state index in [0.717, 1.165) is 4.57 Å². The number of para-hydroxylation sites is 1. The molecule has 0 bridgehead atoms. The summed E-state index contributed by atoms with van der Waals surface area (Å²) in [6, 6.07) is 8.65. The lowest BCUT2D eigenvalue weighted by molar-refractivity contribution is -0.158. The van der Waals surface area contributed by atoms with Crippen molar-refractivity contribution in [2.75, 3.05) is 6.61 Å². The monoisotopic (exact) mass is 604 g/mol. The summed E-state index contributed by atoms with van der Waals surface area (Å²) >= 11 is 0. The maximum Gasteiger partial charge on any atom is 0.459 e. The highest BCUT2D eigenvalue weighted by molar-refractivity contribution is 7.52. The first-order chi connectivity index (χ1) is 19.7. The van der Waals surface area contributed by atoms with Gasteiger partial charge in [-0.2, -0.15) is 10.1 Å². The number of aromatic nitrogens is 2. The third-order valence-electron chi connectivity index (χ3n) is 6.33. The predicted octanol–water partition coefficient (Wildman–Crippen LogP) is 3.83. The van der Waals surface area contributed by atoms with Crippen LogP contribution in [0.25, 0.3) is 4.85 Å². The molecule has 1 aliphatic rings. The van der Waals surface area contributed by atoms with E-state index in [1.807, 2.05) is 0 Å². The highest BCUT2D eigenvalue weighted by Crippen LogP contribution is 2.48. The number of rotatable bonds is 12. The van der Waals surface area contributed by atoms with Crippen LogP contribution in [0, 0.1) is 19.4 Å². The Kier molecular flexibility index (Phi) is 10.7. The summed E-state index contributed by atoms with van der Waals surface area (Å²) in [5, 5.41) is 2.59. The lowest BCUT2D eigenvalue weighted by Crippen LogP contribution is -2.47. The topological polar surface area (TPSA) is 149 Å². The Hall–Kier alpha value is -3.56. The van der Waals surface area contributed by atoms with Gasteiger partial charge in [0.15, 0.2) is 0 Å². The van der Waals surface area contributed by atoms with Gasteiger partial charge in [0, 0.05) is 18.8 Å². The van der Waals surface area contributed by atoms with Crippen molar-refractivity contribution in [1.29, 1.82) is 0 Å². The summed E-state index contributed by atoms with van der Waals surface area (Å²) in [4.78, 5) is 45.6. The largest absolute Gasteiger partial charge is 0.462 e. The summed E-state index contributed by atoms with van der Waals surface area (Å²) in [5.41, 5.74) is -1.79. The molecular formula is C28H37N4O9P. The first kappa shape index (κ1) is 32.9. The van der Waals surface area contributed by atoms with E-state index in [-0.39, 0.29) is 5.75 Å². The van der Waals surface area contributed by atoms with Gasteiger partial charge in [0.1, 0.15) is 17.9 Å². The van der Waals surface area contributed by atoms with Gasteiger partial charge >= 0.3 is 30.9 Å². The zero-order valence-electron chi connectivity index (χ0n) is 24.7. The molecule has 1 unspecified atom stereocenters. The van der Waals surface area contributed by atoms with Gasteiger partial charge in [-0.15, -0.1) is 0 Å². The van der Waals surface area contributed by atoms with E-state index in [9.17, 15) is 18.9 Å². The first-order valence-electron chi connectivity index (χ1n) is 13.5. The zero-order chi connectivity index (χ0) is 31.2. The molecule has 2 aromatic rings. The van der Waals surface area contributed by atoms with Gasteiger partial charge in [-0.05, 0) is 45.9 Å². The van der Waals surface area contributed by atoms with Crippen molar-refractivity contribution in [3.63, 3.8) is 0 Å². The standard InChI is InChI=1S/C28H37N4O9P/c1-17(2)24(33)40-23-22(39-26(28(23,7)29-8)32-15-14-19(5)30-27(32)35)16-37-42(36,41-21-12-10-9-11-13-21)31-20(6)25(34)38-18(3)4/h9-15,17-18,20,22-23,26H,16H2,1-7H3,(H,31,36)/t20-,22?,23+,26+,28+,42+/m0/s1. The molecular weight excluding hydrogens is 567 g/mol. The molecule has 13 nitrogen and oxygen atoms in total. The Morgan fingerprint density at radius 3 is 2.40 bits per heavy atom. The van der Waals surface area contributed by atoms with Crippen LogP contribution < -0.4 is 15.3 Å². The number of carbonyl (C=O) groups is 2. The van der Waals surface area contributed by atoms with Crippen LogP contribution >= 0.6 is 7.75 Å². The van der Waals surface area contributed by atoms with Crippen LogP contribution in [0.5, 0.6) is 5.75 Å². The van der Waals surface area contributed by atoms with E-state index in [4.69, 9.17) is 29.8 Å². The van der Waals surface area contributed by atoms with Crippen LogP contribution in [0.4, 0.5) is 0 Å². The van der Waals surface area contributed by atoms with Gasteiger partial charge < -0.3 is 23.6 Å². The quantitative estimate of drug-likeness (QED) is 0.214. The molecule has 2 heterocycles. The number of esters is 2. The van der Waals surface area contributed by atoms with Gasteiger partial charge in [0.25, 0.3) is 0 Å². The molecule has 0 aliphatic carbocycles. The molecule has 6 atom stereocenters. The Morgan fingerprint density at radius 2 is 1.83 bits per heavy atom. The SMILES string of the molecule is [C-]#[N+][C@]1(C)[C@H](OC(=O)C(C)C)C(CO[P@](=O)(N[C@@H](C)C(=O)OC(C)C)Oc2ccccc2)O[C@H]1n1ccc(C)nc1=O. The van der Waals surface area contributed by atoms with E-state index in [2.05, 4.69) is 14.9 Å². The highest BCUT2D eigenvalue weighted by Gasteiger charge is 2.64. The van der Waals surface area contributed by atoms with E-state index >= 15 is 0 Å². The summed E-state index contributed by atoms with van der Waals surface area (Å²) in [6.45, 7) is 18.7. The lowest BCUT2D eigenvalue weighted by Gasteiger charge is -2.27. The Bertz CT molecular complexity index is 1410. The van der Waals surface area contributed by atoms with Crippen LogP contribution in [0.15, 0.2) is 47.4 Å². The Balaban J connectivity index is 1.96. The van der Waals surface area contributed by atoms with Gasteiger partial charge in [-0.3, -0.25) is 18.7 Å². The molecule has 1 aliphatic heterocycles. The predicted molar refractivity (Wildman–Crippen MR) is 151 cm³/mol. The first-order valence-corrected chi connectivity index (χ1v) is 15.0.